The van der Waals surface area contributed by atoms with Gasteiger partial charge in [-0.1, -0.05) is 12.1 Å². The lowest BCUT2D eigenvalue weighted by Crippen LogP contribution is -2.42. The zero-order valence-electron chi connectivity index (χ0n) is 10.9. The Morgan fingerprint density at radius 2 is 1.95 bits per heavy atom. The first-order chi connectivity index (χ1) is 8.95. The molecule has 0 aliphatic heterocycles. The van der Waals surface area contributed by atoms with Crippen molar-refractivity contribution in [1.82, 2.24) is 5.32 Å². The van der Waals surface area contributed by atoms with Gasteiger partial charge in [0.2, 0.25) is 11.8 Å². The molecule has 2 amide bonds. The monoisotopic (exact) mass is 268 g/mol. The molecule has 0 spiro atoms. The van der Waals surface area contributed by atoms with Crippen molar-refractivity contribution in [1.29, 1.82) is 0 Å². The molecule has 0 saturated carbocycles. The second-order valence-corrected chi connectivity index (χ2v) is 3.99. The number of carbonyl (C=O) groups excluding carboxylic acids is 2. The smallest absolute Gasteiger partial charge is 0.249 e. The van der Waals surface area contributed by atoms with Crippen LogP contribution in [0.15, 0.2) is 24.3 Å². The molecule has 0 saturated heterocycles. The fraction of sp³-hybridized carbons (Fsp3) is 0.385. The first-order valence-corrected chi connectivity index (χ1v) is 5.92. The quantitative estimate of drug-likeness (QED) is 0.804. The van der Waals surface area contributed by atoms with Crippen LogP contribution in [0.5, 0.6) is 0 Å². The maximum atomic E-state index is 12.8. The number of nitrogens with one attached hydrogen (secondary N) is 1. The molecule has 0 fully saturated rings. The minimum absolute atomic E-state index is 0.381. The molecular weight excluding hydrogens is 251 g/mol. The SMILES string of the molecule is CCO[C@H](C)C(=O)N[C@@H](C(N)=O)c1ccc(F)cc1. The Morgan fingerprint density at radius 3 is 2.42 bits per heavy atom. The van der Waals surface area contributed by atoms with Crippen LogP contribution in [0, 0.1) is 5.82 Å². The molecule has 2 atom stereocenters. The Hall–Kier alpha value is -1.95. The van der Waals surface area contributed by atoms with Crippen LogP contribution in [-0.4, -0.2) is 24.5 Å². The van der Waals surface area contributed by atoms with Crippen LogP contribution in [0.1, 0.15) is 25.5 Å². The third-order valence-electron chi connectivity index (χ3n) is 2.56. The highest BCUT2D eigenvalue weighted by molar-refractivity contribution is 5.89. The summed E-state index contributed by atoms with van der Waals surface area (Å²) in [7, 11) is 0. The Balaban J connectivity index is 2.82. The summed E-state index contributed by atoms with van der Waals surface area (Å²) in [4.78, 5) is 23.1. The zero-order chi connectivity index (χ0) is 14.4. The van der Waals surface area contributed by atoms with Crippen LogP contribution in [0.3, 0.4) is 0 Å². The van der Waals surface area contributed by atoms with Gasteiger partial charge in [0.1, 0.15) is 18.0 Å². The van der Waals surface area contributed by atoms with E-state index in [0.29, 0.717) is 12.2 Å². The molecule has 0 aliphatic carbocycles. The van der Waals surface area contributed by atoms with Gasteiger partial charge in [0.15, 0.2) is 0 Å². The Bertz CT molecular complexity index is 448. The van der Waals surface area contributed by atoms with Gasteiger partial charge in [0.25, 0.3) is 0 Å². The average molecular weight is 268 g/mol. The lowest BCUT2D eigenvalue weighted by molar-refractivity contribution is -0.135. The van der Waals surface area contributed by atoms with Gasteiger partial charge in [-0.3, -0.25) is 9.59 Å². The highest BCUT2D eigenvalue weighted by Gasteiger charge is 2.23. The lowest BCUT2D eigenvalue weighted by atomic mass is 10.1. The van der Waals surface area contributed by atoms with Gasteiger partial charge in [-0.2, -0.15) is 0 Å². The van der Waals surface area contributed by atoms with Gasteiger partial charge >= 0.3 is 0 Å². The molecule has 1 rings (SSSR count). The maximum Gasteiger partial charge on any atom is 0.249 e. The minimum Gasteiger partial charge on any atom is -0.369 e. The van der Waals surface area contributed by atoms with Crippen molar-refractivity contribution in [3.05, 3.63) is 35.6 Å². The topological polar surface area (TPSA) is 81.4 Å². The third-order valence-corrected chi connectivity index (χ3v) is 2.56. The van der Waals surface area contributed by atoms with Crippen LogP contribution < -0.4 is 11.1 Å². The molecule has 0 radical (unpaired) electrons. The minimum atomic E-state index is -1.00. The molecule has 0 heterocycles. The van der Waals surface area contributed by atoms with Crippen LogP contribution in [0.2, 0.25) is 0 Å². The molecular formula is C13H17FN2O3. The van der Waals surface area contributed by atoms with Crippen molar-refractivity contribution in [3.63, 3.8) is 0 Å². The number of carbonyl (C=O) groups is 2. The van der Waals surface area contributed by atoms with Crippen molar-refractivity contribution < 1.29 is 18.7 Å². The van der Waals surface area contributed by atoms with Gasteiger partial charge < -0.3 is 15.8 Å². The van der Waals surface area contributed by atoms with Gasteiger partial charge in [-0.15, -0.1) is 0 Å². The predicted octanol–water partition coefficient (Wildman–Crippen LogP) is 0.893. The molecule has 5 nitrogen and oxygen atoms in total. The van der Waals surface area contributed by atoms with Crippen LogP contribution in [-0.2, 0) is 14.3 Å². The van der Waals surface area contributed by atoms with E-state index in [1.807, 2.05) is 0 Å². The number of primary amides is 1. The summed E-state index contributed by atoms with van der Waals surface area (Å²) in [5, 5.41) is 2.48. The van der Waals surface area contributed by atoms with Gasteiger partial charge in [0.05, 0.1) is 0 Å². The van der Waals surface area contributed by atoms with Gasteiger partial charge in [-0.25, -0.2) is 4.39 Å². The second-order valence-electron chi connectivity index (χ2n) is 3.99. The summed E-state index contributed by atoms with van der Waals surface area (Å²) in [6.45, 7) is 3.71. The molecule has 6 heteroatoms. The highest BCUT2D eigenvalue weighted by atomic mass is 19.1. The number of hydrogen-bond acceptors (Lipinski definition) is 3. The van der Waals surface area contributed by atoms with Gasteiger partial charge in [0, 0.05) is 6.61 Å². The average Bonchev–Trinajstić information content (AvgIpc) is 2.37. The van der Waals surface area contributed by atoms with E-state index >= 15 is 0 Å². The standard InChI is InChI=1S/C13H17FN2O3/c1-3-19-8(2)13(18)16-11(12(15)17)9-4-6-10(14)7-5-9/h4-8,11H,3H2,1-2H3,(H2,15,17)(H,16,18)/t8-,11-/m1/s1. The zero-order valence-corrected chi connectivity index (χ0v) is 10.9. The van der Waals surface area contributed by atoms with Crippen LogP contribution >= 0.6 is 0 Å². The van der Waals surface area contributed by atoms with E-state index in [2.05, 4.69) is 5.32 Å². The van der Waals surface area contributed by atoms with E-state index in [9.17, 15) is 14.0 Å². The van der Waals surface area contributed by atoms with Crippen molar-refractivity contribution in [2.45, 2.75) is 26.0 Å². The summed E-state index contributed by atoms with van der Waals surface area (Å²) < 4.78 is 17.9. The summed E-state index contributed by atoms with van der Waals surface area (Å²) in [6.07, 6.45) is -0.688. The molecule has 1 aromatic rings. The lowest BCUT2D eigenvalue weighted by Gasteiger charge is -2.18. The number of ether oxygens (including phenoxy) is 1. The fourth-order valence-corrected chi connectivity index (χ4v) is 1.56. The van der Waals surface area contributed by atoms with E-state index in [1.165, 1.54) is 24.3 Å². The molecule has 1 aromatic carbocycles. The third kappa shape index (κ3) is 4.33. The number of halogens is 1. The van der Waals surface area contributed by atoms with Gasteiger partial charge in [-0.05, 0) is 31.5 Å². The summed E-state index contributed by atoms with van der Waals surface area (Å²) >= 11 is 0. The number of hydrogen-bond donors (Lipinski definition) is 2. The number of amides is 2. The summed E-state index contributed by atoms with van der Waals surface area (Å²) in [6, 6.07) is 4.19. The van der Waals surface area contributed by atoms with Crippen LogP contribution in [0.4, 0.5) is 4.39 Å². The molecule has 0 aliphatic rings. The number of nitrogens with two attached hydrogens (primary N) is 1. The molecule has 104 valence electrons. The van der Waals surface area contributed by atoms with E-state index in [1.54, 1.807) is 13.8 Å². The van der Waals surface area contributed by atoms with E-state index in [0.717, 1.165) is 0 Å². The molecule has 19 heavy (non-hydrogen) atoms. The summed E-state index contributed by atoms with van der Waals surface area (Å²) in [5.74, 6) is -1.60. The first kappa shape index (κ1) is 15.1. The Morgan fingerprint density at radius 1 is 1.37 bits per heavy atom. The normalized spacial score (nSPS) is 13.6. The van der Waals surface area contributed by atoms with E-state index < -0.39 is 29.8 Å². The Labute approximate surface area is 110 Å². The number of benzene rings is 1. The van der Waals surface area contributed by atoms with Crippen LogP contribution in [0.25, 0.3) is 0 Å². The van der Waals surface area contributed by atoms with Crippen molar-refractivity contribution in [2.24, 2.45) is 5.73 Å². The molecule has 3 N–H and O–H groups in total. The maximum absolute atomic E-state index is 12.8. The Kier molecular flexibility index (Phi) is 5.44. The highest BCUT2D eigenvalue weighted by Crippen LogP contribution is 2.13. The second kappa shape index (κ2) is 6.84. The molecule has 0 bridgehead atoms. The fourth-order valence-electron chi connectivity index (χ4n) is 1.56. The summed E-state index contributed by atoms with van der Waals surface area (Å²) in [5.41, 5.74) is 5.66. The predicted molar refractivity (Wildman–Crippen MR) is 67.6 cm³/mol. The van der Waals surface area contributed by atoms with E-state index in [-0.39, 0.29) is 0 Å². The number of rotatable bonds is 6. The van der Waals surface area contributed by atoms with Crippen molar-refractivity contribution in [3.8, 4) is 0 Å². The van der Waals surface area contributed by atoms with Crippen molar-refractivity contribution in [2.75, 3.05) is 6.61 Å². The molecule has 0 aromatic heterocycles. The largest absolute Gasteiger partial charge is 0.369 e. The van der Waals surface area contributed by atoms with E-state index in [4.69, 9.17) is 10.5 Å². The van der Waals surface area contributed by atoms with Crippen molar-refractivity contribution >= 4 is 11.8 Å². The first-order valence-electron chi connectivity index (χ1n) is 5.92. The molecule has 0 unspecified atom stereocenters.